The Morgan fingerprint density at radius 1 is 1.46 bits per heavy atom. The summed E-state index contributed by atoms with van der Waals surface area (Å²) in [5, 5.41) is 8.61. The normalized spacial score (nSPS) is 21.1. The second kappa shape index (κ2) is 5.19. The smallest absolute Gasteiger partial charge is 0.325 e. The van der Waals surface area contributed by atoms with Gasteiger partial charge in [0.25, 0.3) is 0 Å². The third-order valence-corrected chi connectivity index (χ3v) is 2.33. The van der Waals surface area contributed by atoms with Crippen molar-refractivity contribution in [2.24, 2.45) is 5.73 Å². The van der Waals surface area contributed by atoms with Gasteiger partial charge in [0.2, 0.25) is 0 Å². The number of hydrogen-bond donors (Lipinski definition) is 2. The highest BCUT2D eigenvalue weighted by atomic mass is 16.5. The first-order chi connectivity index (χ1) is 6.24. The highest BCUT2D eigenvalue weighted by Crippen LogP contribution is 2.20. The van der Waals surface area contributed by atoms with Crippen LogP contribution in [0.2, 0.25) is 0 Å². The molecule has 0 bridgehead atoms. The van der Waals surface area contributed by atoms with E-state index in [4.69, 9.17) is 15.6 Å². The number of esters is 1. The van der Waals surface area contributed by atoms with Gasteiger partial charge in [0.15, 0.2) is 0 Å². The molecular formula is C9H17NO3. The SMILES string of the molecule is N[C@H](CO)C(=O)OC1CCCCC1. The largest absolute Gasteiger partial charge is 0.461 e. The zero-order chi connectivity index (χ0) is 9.68. The van der Waals surface area contributed by atoms with Crippen molar-refractivity contribution >= 4 is 5.97 Å². The van der Waals surface area contributed by atoms with Gasteiger partial charge in [-0.15, -0.1) is 0 Å². The van der Waals surface area contributed by atoms with Crippen molar-refractivity contribution in [3.63, 3.8) is 0 Å². The van der Waals surface area contributed by atoms with E-state index < -0.39 is 12.0 Å². The van der Waals surface area contributed by atoms with Crippen LogP contribution in [0.5, 0.6) is 0 Å². The van der Waals surface area contributed by atoms with Gasteiger partial charge in [0, 0.05) is 0 Å². The molecule has 0 saturated heterocycles. The van der Waals surface area contributed by atoms with Crippen LogP contribution in [0.15, 0.2) is 0 Å². The summed E-state index contributed by atoms with van der Waals surface area (Å²) in [6, 6.07) is -0.873. The molecule has 0 heterocycles. The van der Waals surface area contributed by atoms with Crippen molar-refractivity contribution < 1.29 is 14.6 Å². The summed E-state index contributed by atoms with van der Waals surface area (Å²) >= 11 is 0. The average molecular weight is 187 g/mol. The average Bonchev–Trinajstić information content (AvgIpc) is 2.18. The molecule has 13 heavy (non-hydrogen) atoms. The zero-order valence-corrected chi connectivity index (χ0v) is 7.74. The fourth-order valence-electron chi connectivity index (χ4n) is 1.51. The van der Waals surface area contributed by atoms with Crippen molar-refractivity contribution in [1.29, 1.82) is 0 Å². The minimum atomic E-state index is -0.873. The monoisotopic (exact) mass is 187 g/mol. The number of aliphatic hydroxyl groups is 1. The van der Waals surface area contributed by atoms with Crippen LogP contribution in [-0.4, -0.2) is 29.8 Å². The lowest BCUT2D eigenvalue weighted by atomic mass is 9.98. The van der Waals surface area contributed by atoms with Crippen molar-refractivity contribution in [3.05, 3.63) is 0 Å². The molecule has 4 nitrogen and oxygen atoms in total. The maximum absolute atomic E-state index is 11.1. The summed E-state index contributed by atoms with van der Waals surface area (Å²) in [5.41, 5.74) is 5.31. The number of nitrogens with two attached hydrogens (primary N) is 1. The summed E-state index contributed by atoms with van der Waals surface area (Å²) in [5.74, 6) is -0.477. The lowest BCUT2D eigenvalue weighted by Gasteiger charge is -2.22. The van der Waals surface area contributed by atoms with Gasteiger partial charge < -0.3 is 15.6 Å². The van der Waals surface area contributed by atoms with Crippen LogP contribution in [0, 0.1) is 0 Å². The molecule has 0 unspecified atom stereocenters. The molecule has 1 rings (SSSR count). The first kappa shape index (κ1) is 10.5. The minimum absolute atomic E-state index is 0.0267. The van der Waals surface area contributed by atoms with Gasteiger partial charge in [-0.25, -0.2) is 0 Å². The van der Waals surface area contributed by atoms with Gasteiger partial charge in [0.1, 0.15) is 12.1 Å². The summed E-state index contributed by atoms with van der Waals surface area (Å²) in [4.78, 5) is 11.1. The fourth-order valence-corrected chi connectivity index (χ4v) is 1.51. The van der Waals surface area contributed by atoms with Crippen LogP contribution >= 0.6 is 0 Å². The summed E-state index contributed by atoms with van der Waals surface area (Å²) < 4.78 is 5.12. The Bertz CT molecular complexity index is 166. The van der Waals surface area contributed by atoms with Crippen molar-refractivity contribution in [2.75, 3.05) is 6.61 Å². The molecule has 1 fully saturated rings. The zero-order valence-electron chi connectivity index (χ0n) is 7.74. The van der Waals surface area contributed by atoms with E-state index in [2.05, 4.69) is 0 Å². The van der Waals surface area contributed by atoms with E-state index in [1.807, 2.05) is 0 Å². The van der Waals surface area contributed by atoms with Crippen LogP contribution in [0.3, 0.4) is 0 Å². The van der Waals surface area contributed by atoms with E-state index in [0.717, 1.165) is 25.7 Å². The number of rotatable bonds is 3. The summed E-state index contributed by atoms with van der Waals surface area (Å²) in [6.07, 6.45) is 5.35. The van der Waals surface area contributed by atoms with Gasteiger partial charge >= 0.3 is 5.97 Å². The predicted molar refractivity (Wildman–Crippen MR) is 48.0 cm³/mol. The molecule has 1 saturated carbocycles. The highest BCUT2D eigenvalue weighted by Gasteiger charge is 2.21. The van der Waals surface area contributed by atoms with Gasteiger partial charge in [-0.1, -0.05) is 6.42 Å². The standard InChI is InChI=1S/C9H17NO3/c10-8(6-11)9(12)13-7-4-2-1-3-5-7/h7-8,11H,1-6,10H2/t8-/m1/s1. The molecule has 1 aliphatic rings. The molecule has 3 N–H and O–H groups in total. The van der Waals surface area contributed by atoms with E-state index in [0.29, 0.717) is 0 Å². The van der Waals surface area contributed by atoms with E-state index in [9.17, 15) is 4.79 Å². The third-order valence-electron chi connectivity index (χ3n) is 2.33. The number of aliphatic hydroxyl groups excluding tert-OH is 1. The van der Waals surface area contributed by atoms with E-state index >= 15 is 0 Å². The van der Waals surface area contributed by atoms with Crippen molar-refractivity contribution in [1.82, 2.24) is 0 Å². The molecule has 0 aromatic rings. The molecule has 0 spiro atoms. The molecule has 1 atom stereocenters. The van der Waals surface area contributed by atoms with Gasteiger partial charge in [-0.05, 0) is 25.7 Å². The summed E-state index contributed by atoms with van der Waals surface area (Å²) in [6.45, 7) is -0.342. The second-order valence-corrected chi connectivity index (χ2v) is 3.49. The number of ether oxygens (including phenoxy) is 1. The summed E-state index contributed by atoms with van der Waals surface area (Å²) in [7, 11) is 0. The van der Waals surface area contributed by atoms with Crippen LogP contribution in [0.1, 0.15) is 32.1 Å². The third kappa shape index (κ3) is 3.32. The number of carbonyl (C=O) groups excluding carboxylic acids is 1. The molecule has 0 aromatic heterocycles. The van der Waals surface area contributed by atoms with Gasteiger partial charge in [-0.2, -0.15) is 0 Å². The Morgan fingerprint density at radius 3 is 2.62 bits per heavy atom. The maximum atomic E-state index is 11.1. The van der Waals surface area contributed by atoms with Crippen molar-refractivity contribution in [3.8, 4) is 0 Å². The van der Waals surface area contributed by atoms with E-state index in [1.165, 1.54) is 6.42 Å². The molecule has 0 aromatic carbocycles. The first-order valence-corrected chi connectivity index (χ1v) is 4.81. The Balaban J connectivity index is 2.26. The Kier molecular flexibility index (Phi) is 4.18. The molecular weight excluding hydrogens is 170 g/mol. The Morgan fingerprint density at radius 2 is 2.08 bits per heavy atom. The first-order valence-electron chi connectivity index (χ1n) is 4.81. The molecule has 76 valence electrons. The fraction of sp³-hybridized carbons (Fsp3) is 0.889. The number of carbonyl (C=O) groups is 1. The quantitative estimate of drug-likeness (QED) is 0.618. The maximum Gasteiger partial charge on any atom is 0.325 e. The highest BCUT2D eigenvalue weighted by molar-refractivity contribution is 5.75. The molecule has 0 amide bonds. The van der Waals surface area contributed by atoms with Crippen LogP contribution < -0.4 is 5.73 Å². The Labute approximate surface area is 78.1 Å². The lowest BCUT2D eigenvalue weighted by Crippen LogP contribution is -2.38. The topological polar surface area (TPSA) is 72.5 Å². The van der Waals surface area contributed by atoms with E-state index in [1.54, 1.807) is 0 Å². The molecule has 0 radical (unpaired) electrons. The molecule has 1 aliphatic carbocycles. The van der Waals surface area contributed by atoms with Crippen molar-refractivity contribution in [2.45, 2.75) is 44.2 Å². The lowest BCUT2D eigenvalue weighted by molar-refractivity contribution is -0.153. The van der Waals surface area contributed by atoms with Crippen LogP contribution in [0.25, 0.3) is 0 Å². The van der Waals surface area contributed by atoms with E-state index in [-0.39, 0.29) is 12.7 Å². The number of hydrogen-bond acceptors (Lipinski definition) is 4. The van der Waals surface area contributed by atoms with Crippen LogP contribution in [0.4, 0.5) is 0 Å². The van der Waals surface area contributed by atoms with Gasteiger partial charge in [0.05, 0.1) is 6.61 Å². The molecule has 4 heteroatoms. The second-order valence-electron chi connectivity index (χ2n) is 3.49. The predicted octanol–water partition coefficient (Wildman–Crippen LogP) is 0.182. The Hall–Kier alpha value is -0.610. The van der Waals surface area contributed by atoms with Gasteiger partial charge in [-0.3, -0.25) is 4.79 Å². The molecule has 0 aliphatic heterocycles. The minimum Gasteiger partial charge on any atom is -0.461 e. The van der Waals surface area contributed by atoms with Crippen LogP contribution in [-0.2, 0) is 9.53 Å².